The molecule has 3 fully saturated rings. The summed E-state index contributed by atoms with van der Waals surface area (Å²) in [6.45, 7) is 6.51. The molecule has 0 saturated carbocycles. The van der Waals surface area contributed by atoms with Gasteiger partial charge in [0.2, 0.25) is 5.91 Å². The van der Waals surface area contributed by atoms with Crippen molar-refractivity contribution in [2.24, 2.45) is 17.8 Å². The SMILES string of the molecule is C=CCN(C(=O)C1N(CCCCO)C(=O)[C@@H]2[C@H](C(=O)O)[C@@H]3CC(C)C12S3)c1ccc2ccccc2c1. The van der Waals surface area contributed by atoms with Gasteiger partial charge in [-0.15, -0.1) is 18.3 Å². The number of carbonyl (C=O) groups excluding carboxylic acids is 2. The first-order valence-corrected chi connectivity index (χ1v) is 13.5. The molecule has 3 unspecified atom stereocenters. The smallest absolute Gasteiger partial charge is 0.308 e. The number of rotatable bonds is 9. The number of amides is 2. The number of hydrogen-bond acceptors (Lipinski definition) is 5. The van der Waals surface area contributed by atoms with Gasteiger partial charge >= 0.3 is 5.97 Å². The maximum atomic E-state index is 14.5. The largest absolute Gasteiger partial charge is 0.481 e. The van der Waals surface area contributed by atoms with Crippen molar-refractivity contribution in [1.29, 1.82) is 0 Å². The number of aliphatic hydroxyl groups is 1. The van der Waals surface area contributed by atoms with Gasteiger partial charge in [-0.2, -0.15) is 0 Å². The topological polar surface area (TPSA) is 98.2 Å². The van der Waals surface area contributed by atoms with Crippen LogP contribution in [0.3, 0.4) is 0 Å². The zero-order chi connectivity index (χ0) is 25.6. The lowest BCUT2D eigenvalue weighted by Gasteiger charge is -2.40. The fourth-order valence-electron chi connectivity index (χ4n) is 6.66. The minimum absolute atomic E-state index is 0.000127. The molecule has 7 nitrogen and oxygen atoms in total. The molecule has 3 heterocycles. The average molecular weight is 509 g/mol. The van der Waals surface area contributed by atoms with Gasteiger partial charge in [0.05, 0.1) is 16.6 Å². The molecule has 2 aromatic carbocycles. The van der Waals surface area contributed by atoms with Gasteiger partial charge in [0.15, 0.2) is 0 Å². The summed E-state index contributed by atoms with van der Waals surface area (Å²) in [5.74, 6) is -2.88. The number of aliphatic carboxylic acids is 1. The minimum Gasteiger partial charge on any atom is -0.481 e. The maximum Gasteiger partial charge on any atom is 0.308 e. The number of carboxylic acids is 1. The Morgan fingerprint density at radius 3 is 2.67 bits per heavy atom. The highest BCUT2D eigenvalue weighted by Gasteiger charge is 2.76. The summed E-state index contributed by atoms with van der Waals surface area (Å²) >= 11 is 1.54. The number of carbonyl (C=O) groups is 3. The number of nitrogens with zero attached hydrogens (tertiary/aromatic N) is 2. The number of likely N-dealkylation sites (tertiary alicyclic amines) is 1. The Morgan fingerprint density at radius 1 is 1.22 bits per heavy atom. The van der Waals surface area contributed by atoms with Gasteiger partial charge in [-0.3, -0.25) is 14.4 Å². The Kier molecular flexibility index (Phi) is 6.59. The Hall–Kier alpha value is -2.84. The number of aliphatic hydroxyl groups excluding tert-OH is 1. The molecule has 1 spiro atoms. The number of anilines is 1. The van der Waals surface area contributed by atoms with Crippen molar-refractivity contribution in [3.63, 3.8) is 0 Å². The molecular weight excluding hydrogens is 476 g/mol. The molecule has 0 aliphatic carbocycles. The van der Waals surface area contributed by atoms with Crippen LogP contribution in [0.25, 0.3) is 10.8 Å². The van der Waals surface area contributed by atoms with E-state index in [4.69, 9.17) is 0 Å². The standard InChI is InChI=1S/C28H32N2O5S/c1-3-12-29(20-11-10-18-8-4-5-9-19(18)16-20)26(33)24-28-17(2)15-21(36-28)22(27(34)35)23(28)25(32)30(24)13-6-7-14-31/h3-5,8-11,16-17,21-24,31H,1,6-7,12-15H2,2H3,(H,34,35)/t17?,21-,22+,23-,24?,28?/m0/s1. The second-order valence-electron chi connectivity index (χ2n) is 10.1. The molecule has 2 bridgehead atoms. The van der Waals surface area contributed by atoms with E-state index in [1.165, 1.54) is 0 Å². The van der Waals surface area contributed by atoms with E-state index >= 15 is 0 Å². The van der Waals surface area contributed by atoms with Crippen LogP contribution >= 0.6 is 11.8 Å². The molecule has 5 rings (SSSR count). The molecular formula is C28H32N2O5S. The summed E-state index contributed by atoms with van der Waals surface area (Å²) in [6.07, 6.45) is 3.42. The third-order valence-electron chi connectivity index (χ3n) is 8.19. The average Bonchev–Trinajstić information content (AvgIpc) is 3.46. The van der Waals surface area contributed by atoms with Gasteiger partial charge in [0, 0.05) is 30.6 Å². The molecule has 2 amide bonds. The summed E-state index contributed by atoms with van der Waals surface area (Å²) in [4.78, 5) is 43.9. The monoisotopic (exact) mass is 508 g/mol. The summed E-state index contributed by atoms with van der Waals surface area (Å²) in [5, 5.41) is 21.3. The molecule has 6 atom stereocenters. The second-order valence-corrected chi connectivity index (χ2v) is 11.7. The zero-order valence-corrected chi connectivity index (χ0v) is 21.2. The maximum absolute atomic E-state index is 14.5. The van der Waals surface area contributed by atoms with E-state index in [1.807, 2.05) is 42.5 Å². The molecule has 3 saturated heterocycles. The number of thioether (sulfide) groups is 1. The molecule has 0 aromatic heterocycles. The second kappa shape index (κ2) is 9.56. The number of carboxylic acid groups (broad SMARTS) is 1. The summed E-state index contributed by atoms with van der Waals surface area (Å²) < 4.78 is -0.780. The number of benzene rings is 2. The molecule has 3 aliphatic heterocycles. The predicted octanol–water partition coefficient (Wildman–Crippen LogP) is 3.55. The normalized spacial score (nSPS) is 30.6. The lowest BCUT2D eigenvalue weighted by atomic mass is 9.66. The van der Waals surface area contributed by atoms with Crippen LogP contribution in [0.15, 0.2) is 55.1 Å². The molecule has 8 heteroatoms. The fraction of sp³-hybridized carbons (Fsp3) is 0.464. The van der Waals surface area contributed by atoms with Gasteiger partial charge in [0.25, 0.3) is 5.91 Å². The third kappa shape index (κ3) is 3.65. The van der Waals surface area contributed by atoms with Crippen LogP contribution in [0.2, 0.25) is 0 Å². The van der Waals surface area contributed by atoms with Crippen LogP contribution in [0, 0.1) is 17.8 Å². The first-order chi connectivity index (χ1) is 17.3. The number of hydrogen-bond donors (Lipinski definition) is 2. The van der Waals surface area contributed by atoms with Crippen molar-refractivity contribution in [1.82, 2.24) is 4.90 Å². The van der Waals surface area contributed by atoms with Crippen molar-refractivity contribution in [2.45, 2.75) is 42.2 Å². The highest BCUT2D eigenvalue weighted by atomic mass is 32.2. The van der Waals surface area contributed by atoms with Crippen LogP contribution in [0.4, 0.5) is 5.69 Å². The van der Waals surface area contributed by atoms with E-state index in [2.05, 4.69) is 13.5 Å². The molecule has 3 aliphatic rings. The number of unbranched alkanes of at least 4 members (excludes halogenated alkanes) is 1. The van der Waals surface area contributed by atoms with Gasteiger partial charge in [-0.1, -0.05) is 43.3 Å². The van der Waals surface area contributed by atoms with Crippen molar-refractivity contribution in [3.8, 4) is 0 Å². The Labute approximate surface area is 215 Å². The predicted molar refractivity (Wildman–Crippen MR) is 141 cm³/mol. The van der Waals surface area contributed by atoms with Gasteiger partial charge in [0.1, 0.15) is 6.04 Å². The van der Waals surface area contributed by atoms with Gasteiger partial charge < -0.3 is 20.0 Å². The summed E-state index contributed by atoms with van der Waals surface area (Å²) in [7, 11) is 0. The minimum atomic E-state index is -0.958. The van der Waals surface area contributed by atoms with E-state index in [-0.39, 0.29) is 36.1 Å². The van der Waals surface area contributed by atoms with Crippen LogP contribution in [0.1, 0.15) is 26.2 Å². The quantitative estimate of drug-likeness (QED) is 0.397. The highest BCUT2D eigenvalue weighted by Crippen LogP contribution is 2.68. The van der Waals surface area contributed by atoms with Crippen LogP contribution in [0.5, 0.6) is 0 Å². The Bertz CT molecular complexity index is 1220. The highest BCUT2D eigenvalue weighted by molar-refractivity contribution is 8.02. The van der Waals surface area contributed by atoms with Crippen LogP contribution in [-0.4, -0.2) is 68.6 Å². The van der Waals surface area contributed by atoms with Gasteiger partial charge in [-0.25, -0.2) is 0 Å². The summed E-state index contributed by atoms with van der Waals surface area (Å²) in [5.41, 5.74) is 0.723. The summed E-state index contributed by atoms with van der Waals surface area (Å²) in [6, 6.07) is 13.0. The number of fused-ring (bicyclic) bond motifs is 2. The van der Waals surface area contributed by atoms with E-state index in [9.17, 15) is 24.6 Å². The van der Waals surface area contributed by atoms with E-state index in [0.29, 0.717) is 25.8 Å². The van der Waals surface area contributed by atoms with E-state index in [1.54, 1.807) is 27.6 Å². The molecule has 36 heavy (non-hydrogen) atoms. The Morgan fingerprint density at radius 2 is 1.97 bits per heavy atom. The van der Waals surface area contributed by atoms with Crippen molar-refractivity contribution in [2.75, 3.05) is 24.6 Å². The fourth-order valence-corrected chi connectivity index (χ4v) is 9.07. The van der Waals surface area contributed by atoms with Gasteiger partial charge in [-0.05, 0) is 48.1 Å². The van der Waals surface area contributed by atoms with Crippen molar-refractivity contribution < 1.29 is 24.6 Å². The van der Waals surface area contributed by atoms with E-state index < -0.39 is 28.6 Å². The van der Waals surface area contributed by atoms with Crippen molar-refractivity contribution in [3.05, 3.63) is 55.1 Å². The molecule has 0 radical (unpaired) electrons. The Balaban J connectivity index is 1.59. The molecule has 190 valence electrons. The lowest BCUT2D eigenvalue weighted by Crippen LogP contribution is -2.57. The first-order valence-electron chi connectivity index (χ1n) is 12.6. The third-order valence-corrected chi connectivity index (χ3v) is 10.3. The molecule has 2 N–H and O–H groups in total. The van der Waals surface area contributed by atoms with E-state index in [0.717, 1.165) is 16.5 Å². The van der Waals surface area contributed by atoms with Crippen LogP contribution in [-0.2, 0) is 14.4 Å². The van der Waals surface area contributed by atoms with Crippen LogP contribution < -0.4 is 4.90 Å². The zero-order valence-electron chi connectivity index (χ0n) is 20.4. The molecule has 2 aromatic rings. The lowest BCUT2D eigenvalue weighted by molar-refractivity contribution is -0.149. The first kappa shape index (κ1) is 24.8. The van der Waals surface area contributed by atoms with Crippen molar-refractivity contribution >= 4 is 46.0 Å².